The van der Waals surface area contributed by atoms with Crippen molar-refractivity contribution in [3.63, 3.8) is 0 Å². The third-order valence-corrected chi connectivity index (χ3v) is 6.44. The lowest BCUT2D eigenvalue weighted by Crippen LogP contribution is -2.25. The van der Waals surface area contributed by atoms with Gasteiger partial charge in [-0.15, -0.1) is 0 Å². The van der Waals surface area contributed by atoms with Gasteiger partial charge in [-0.3, -0.25) is 9.20 Å². The van der Waals surface area contributed by atoms with Crippen LogP contribution in [0.4, 0.5) is 11.5 Å². The summed E-state index contributed by atoms with van der Waals surface area (Å²) in [5.41, 5.74) is 10.7. The average Bonchev–Trinajstić information content (AvgIpc) is 3.35. The summed E-state index contributed by atoms with van der Waals surface area (Å²) < 4.78 is 2.15. The van der Waals surface area contributed by atoms with Gasteiger partial charge in [-0.05, 0) is 43.2 Å². The molecule has 3 aromatic rings. The van der Waals surface area contributed by atoms with Crippen molar-refractivity contribution in [2.24, 2.45) is 5.92 Å². The molecule has 0 bridgehead atoms. The van der Waals surface area contributed by atoms with E-state index in [0.29, 0.717) is 17.7 Å². The number of para-hydroxylation sites is 1. The summed E-state index contributed by atoms with van der Waals surface area (Å²) in [4.78, 5) is 20.0. The molecule has 3 heterocycles. The van der Waals surface area contributed by atoms with E-state index in [2.05, 4.69) is 44.3 Å². The van der Waals surface area contributed by atoms with E-state index in [4.69, 9.17) is 10.7 Å². The lowest BCUT2D eigenvalue weighted by Gasteiger charge is -2.27. The third kappa shape index (κ3) is 3.20. The van der Waals surface area contributed by atoms with Gasteiger partial charge in [0.15, 0.2) is 0 Å². The van der Waals surface area contributed by atoms with E-state index in [0.717, 1.165) is 62.1 Å². The second-order valence-corrected chi connectivity index (χ2v) is 8.19. The number of imidazole rings is 1. The number of aromatic nitrogens is 3. The zero-order chi connectivity index (χ0) is 19.8. The summed E-state index contributed by atoms with van der Waals surface area (Å²) in [5, 5.41) is 6.44. The van der Waals surface area contributed by atoms with Gasteiger partial charge in [0, 0.05) is 37.0 Å². The second kappa shape index (κ2) is 7.39. The molecule has 4 N–H and O–H groups in total. The fourth-order valence-electron chi connectivity index (χ4n) is 4.95. The monoisotopic (exact) mass is 390 g/mol. The van der Waals surface area contributed by atoms with Crippen LogP contribution in [-0.4, -0.2) is 27.3 Å². The minimum atomic E-state index is 0.107. The highest BCUT2D eigenvalue weighted by molar-refractivity contribution is 5.72. The summed E-state index contributed by atoms with van der Waals surface area (Å²) in [6.45, 7) is 0.769. The summed E-state index contributed by atoms with van der Waals surface area (Å²) in [6.07, 6.45) is 9.79. The molecule has 2 aliphatic rings. The van der Waals surface area contributed by atoms with E-state index in [1.54, 1.807) is 6.20 Å². The van der Waals surface area contributed by atoms with Crippen LogP contribution in [0.2, 0.25) is 0 Å². The number of hydrogen-bond acceptors (Lipinski definition) is 5. The lowest BCUT2D eigenvalue weighted by molar-refractivity contribution is -0.109. The third-order valence-electron chi connectivity index (χ3n) is 6.44. The normalized spacial score (nSPS) is 23.5. The molecule has 1 atom stereocenters. The highest BCUT2D eigenvalue weighted by atomic mass is 16.1. The van der Waals surface area contributed by atoms with Crippen LogP contribution in [-0.2, 0) is 11.2 Å². The van der Waals surface area contributed by atoms with E-state index in [-0.39, 0.29) is 6.04 Å². The predicted molar refractivity (Wildman–Crippen MR) is 113 cm³/mol. The molecule has 1 aromatic carbocycles. The number of fused-ring (bicyclic) bond motifs is 2. The van der Waals surface area contributed by atoms with Crippen molar-refractivity contribution in [3.8, 4) is 0 Å². The van der Waals surface area contributed by atoms with Gasteiger partial charge in [0.05, 0.1) is 11.7 Å². The van der Waals surface area contributed by atoms with E-state index in [9.17, 15) is 4.79 Å². The van der Waals surface area contributed by atoms with Gasteiger partial charge in [-0.25, -0.2) is 9.97 Å². The Morgan fingerprint density at radius 1 is 1.24 bits per heavy atom. The Balaban J connectivity index is 1.46. The Morgan fingerprint density at radius 3 is 2.86 bits per heavy atom. The van der Waals surface area contributed by atoms with Crippen LogP contribution in [0.3, 0.4) is 0 Å². The van der Waals surface area contributed by atoms with E-state index in [1.165, 1.54) is 11.3 Å². The maximum absolute atomic E-state index is 10.6. The van der Waals surface area contributed by atoms with Crippen molar-refractivity contribution in [2.75, 3.05) is 17.6 Å². The predicted octanol–water partition coefficient (Wildman–Crippen LogP) is 3.04. The van der Waals surface area contributed by atoms with Gasteiger partial charge in [-0.1, -0.05) is 18.2 Å². The van der Waals surface area contributed by atoms with Crippen LogP contribution in [0.15, 0.2) is 36.7 Å². The second-order valence-electron chi connectivity index (χ2n) is 8.19. The summed E-state index contributed by atoms with van der Waals surface area (Å²) in [5.74, 6) is 2.57. The number of nitrogens with one attached hydrogen (secondary N) is 2. The molecule has 0 radical (unpaired) electrons. The summed E-state index contributed by atoms with van der Waals surface area (Å²) in [7, 11) is 0. The standard InChI is InChI=1S/C22H26N6O/c23-21-20-19(18-11-16-3-1-2-4-17(16)26-18)27-22(28(20)10-9-25-21)15-7-5-14(6-8-15)12-24-13-29/h1-4,9-10,13-15,18,26H,5-8,11-12H2,(H2,23,25)(H,24,29). The number of rotatable bonds is 5. The first-order chi connectivity index (χ1) is 14.2. The largest absolute Gasteiger partial charge is 0.382 e. The van der Waals surface area contributed by atoms with Crippen LogP contribution in [0.5, 0.6) is 0 Å². The molecule has 7 heteroatoms. The summed E-state index contributed by atoms with van der Waals surface area (Å²) in [6, 6.07) is 8.52. The first-order valence-corrected chi connectivity index (χ1v) is 10.4. The van der Waals surface area contributed by atoms with Crippen LogP contribution < -0.4 is 16.4 Å². The van der Waals surface area contributed by atoms with Gasteiger partial charge in [0.2, 0.25) is 6.41 Å². The van der Waals surface area contributed by atoms with Crippen LogP contribution in [0.25, 0.3) is 5.52 Å². The molecule has 1 aliphatic heterocycles. The fourth-order valence-corrected chi connectivity index (χ4v) is 4.95. The van der Waals surface area contributed by atoms with E-state index >= 15 is 0 Å². The van der Waals surface area contributed by atoms with E-state index < -0.39 is 0 Å². The molecule has 1 saturated carbocycles. The molecule has 29 heavy (non-hydrogen) atoms. The maximum atomic E-state index is 10.6. The topological polar surface area (TPSA) is 97.3 Å². The molecular weight excluding hydrogens is 364 g/mol. The van der Waals surface area contributed by atoms with Gasteiger partial charge in [0.1, 0.15) is 17.2 Å². The van der Waals surface area contributed by atoms with Gasteiger partial charge < -0.3 is 16.4 Å². The quantitative estimate of drug-likeness (QED) is 0.582. The Bertz CT molecular complexity index is 1010. The van der Waals surface area contributed by atoms with Gasteiger partial charge in [-0.2, -0.15) is 0 Å². The van der Waals surface area contributed by atoms with Gasteiger partial charge in [0.25, 0.3) is 0 Å². The molecule has 150 valence electrons. The Morgan fingerprint density at radius 2 is 2.07 bits per heavy atom. The van der Waals surface area contributed by atoms with Crippen LogP contribution in [0, 0.1) is 5.92 Å². The zero-order valence-electron chi connectivity index (χ0n) is 16.3. The van der Waals surface area contributed by atoms with E-state index in [1.807, 2.05) is 6.20 Å². The molecule has 1 fully saturated rings. The molecule has 5 rings (SSSR count). The number of nitrogens with zero attached hydrogens (tertiary/aromatic N) is 3. The van der Waals surface area contributed by atoms with Crippen molar-refractivity contribution in [1.82, 2.24) is 19.7 Å². The van der Waals surface area contributed by atoms with Crippen molar-refractivity contribution in [1.29, 1.82) is 0 Å². The van der Waals surface area contributed by atoms with Crippen molar-refractivity contribution >= 4 is 23.4 Å². The van der Waals surface area contributed by atoms with Crippen molar-refractivity contribution in [3.05, 3.63) is 53.7 Å². The highest BCUT2D eigenvalue weighted by Crippen LogP contribution is 2.40. The average molecular weight is 390 g/mol. The highest BCUT2D eigenvalue weighted by Gasteiger charge is 2.31. The molecule has 0 spiro atoms. The Labute approximate surface area is 169 Å². The molecule has 2 aromatic heterocycles. The number of anilines is 2. The molecule has 7 nitrogen and oxygen atoms in total. The Kier molecular flexibility index (Phi) is 4.58. The van der Waals surface area contributed by atoms with Gasteiger partial charge >= 0.3 is 0 Å². The number of hydrogen-bond donors (Lipinski definition) is 3. The number of carbonyl (C=O) groups excluding carboxylic acids is 1. The minimum Gasteiger partial charge on any atom is -0.382 e. The van der Waals surface area contributed by atoms with Crippen LogP contribution >= 0.6 is 0 Å². The number of carbonyl (C=O) groups is 1. The minimum absolute atomic E-state index is 0.107. The Hall–Kier alpha value is -3.09. The first-order valence-electron chi connectivity index (χ1n) is 10.4. The van der Waals surface area contributed by atoms with Crippen LogP contribution in [0.1, 0.15) is 54.7 Å². The van der Waals surface area contributed by atoms with Crippen molar-refractivity contribution < 1.29 is 4.79 Å². The molecule has 1 amide bonds. The maximum Gasteiger partial charge on any atom is 0.207 e. The smallest absolute Gasteiger partial charge is 0.207 e. The number of nitrogen functional groups attached to an aromatic ring is 1. The molecule has 0 saturated heterocycles. The SMILES string of the molecule is Nc1nccn2c(C3CCC(CNC=O)CC3)nc(C3Cc4ccccc4N3)c12. The molecule has 1 aliphatic carbocycles. The number of nitrogens with two attached hydrogens (primary N) is 1. The molecular formula is C22H26N6O. The summed E-state index contributed by atoms with van der Waals surface area (Å²) >= 11 is 0. The molecule has 1 unspecified atom stereocenters. The zero-order valence-corrected chi connectivity index (χ0v) is 16.3. The fraction of sp³-hybridized carbons (Fsp3) is 0.409. The van der Waals surface area contributed by atoms with Crippen molar-refractivity contribution in [2.45, 2.75) is 44.1 Å². The number of benzene rings is 1. The lowest BCUT2D eigenvalue weighted by atomic mass is 9.81. The first kappa shape index (κ1) is 18.0. The number of amides is 1.